The van der Waals surface area contributed by atoms with Crippen molar-refractivity contribution in [3.8, 4) is 0 Å². The molecule has 0 aliphatic rings. The normalized spacial score (nSPS) is 10.8. The summed E-state index contributed by atoms with van der Waals surface area (Å²) in [6.45, 7) is 7.09. The Labute approximate surface area is 60.2 Å². The van der Waals surface area contributed by atoms with Crippen LogP contribution in [0, 0.1) is 12.8 Å². The molecule has 0 aliphatic carbocycles. The van der Waals surface area contributed by atoms with E-state index in [-0.39, 0.29) is 0 Å². The average Bonchev–Trinajstić information content (AvgIpc) is 2.15. The number of aryl methyl sites for hydroxylation is 1. The molecule has 0 bridgehead atoms. The lowest BCUT2D eigenvalue weighted by atomic mass is 10.2. The number of hydrogen-bond acceptors (Lipinski definition) is 3. The molecule has 0 radical (unpaired) electrons. The minimum Gasteiger partial charge on any atom is -0.230 e. The molecule has 0 fully saturated rings. The molecule has 0 unspecified atom stereocenters. The summed E-state index contributed by atoms with van der Waals surface area (Å²) in [5.41, 5.74) is 0. The van der Waals surface area contributed by atoms with Crippen LogP contribution in [0.5, 0.6) is 0 Å². The maximum absolute atomic E-state index is 3.81. The lowest BCUT2D eigenvalue weighted by Gasteiger charge is -2.03. The monoisotopic (exact) mass is 140 g/mol. The van der Waals surface area contributed by atoms with Gasteiger partial charge in [0, 0.05) is 6.54 Å². The van der Waals surface area contributed by atoms with Crippen molar-refractivity contribution in [3.63, 3.8) is 0 Å². The van der Waals surface area contributed by atoms with Crippen LogP contribution in [0.1, 0.15) is 19.7 Å². The van der Waals surface area contributed by atoms with Gasteiger partial charge in [-0.2, -0.15) is 0 Å². The predicted octanol–water partition coefficient (Wildman–Crippen LogP) is 0.638. The summed E-state index contributed by atoms with van der Waals surface area (Å²) in [7, 11) is 0. The van der Waals surface area contributed by atoms with Gasteiger partial charge in [-0.05, 0) is 23.3 Å². The highest BCUT2D eigenvalue weighted by Gasteiger charge is 2.00. The van der Waals surface area contributed by atoms with Gasteiger partial charge in [0.15, 0.2) is 0 Å². The molecule has 56 valence electrons. The molecule has 0 atom stereocenters. The largest absolute Gasteiger partial charge is 0.230 e. The molecule has 1 aromatic rings. The van der Waals surface area contributed by atoms with Crippen molar-refractivity contribution in [2.75, 3.05) is 0 Å². The topological polar surface area (TPSA) is 43.6 Å². The van der Waals surface area contributed by atoms with Crippen LogP contribution in [0.3, 0.4) is 0 Å². The minimum absolute atomic E-state index is 0.599. The second kappa shape index (κ2) is 2.77. The van der Waals surface area contributed by atoms with E-state index in [1.165, 1.54) is 0 Å². The first-order valence-corrected chi connectivity index (χ1v) is 3.43. The second-order valence-electron chi connectivity index (χ2n) is 2.80. The van der Waals surface area contributed by atoms with Crippen molar-refractivity contribution in [1.29, 1.82) is 0 Å². The first-order chi connectivity index (χ1) is 4.70. The summed E-state index contributed by atoms with van der Waals surface area (Å²) < 4.78 is 1.81. The summed E-state index contributed by atoms with van der Waals surface area (Å²) in [6.07, 6.45) is 0. The lowest BCUT2D eigenvalue weighted by molar-refractivity contribution is 0.464. The highest BCUT2D eigenvalue weighted by molar-refractivity contribution is 4.72. The molecule has 1 rings (SSSR count). The molecule has 0 amide bonds. The molecule has 1 aromatic heterocycles. The predicted molar refractivity (Wildman–Crippen MR) is 37.4 cm³/mol. The molecular weight excluding hydrogens is 128 g/mol. The van der Waals surface area contributed by atoms with Gasteiger partial charge in [0.1, 0.15) is 5.82 Å². The van der Waals surface area contributed by atoms with E-state index in [9.17, 15) is 0 Å². The smallest absolute Gasteiger partial charge is 0.148 e. The third kappa shape index (κ3) is 1.52. The summed E-state index contributed by atoms with van der Waals surface area (Å²) in [5.74, 6) is 1.48. The number of hydrogen-bond donors (Lipinski definition) is 0. The van der Waals surface area contributed by atoms with E-state index in [1.807, 2.05) is 11.6 Å². The molecular formula is C6H12N4. The lowest BCUT2D eigenvalue weighted by Crippen LogP contribution is -2.07. The summed E-state index contributed by atoms with van der Waals surface area (Å²) in [5, 5.41) is 11.1. The Morgan fingerprint density at radius 1 is 1.50 bits per heavy atom. The van der Waals surface area contributed by atoms with Crippen LogP contribution in [-0.4, -0.2) is 20.2 Å². The Morgan fingerprint density at radius 3 is 2.60 bits per heavy atom. The van der Waals surface area contributed by atoms with Gasteiger partial charge in [0.05, 0.1) is 0 Å². The van der Waals surface area contributed by atoms with Gasteiger partial charge in [0.2, 0.25) is 0 Å². The van der Waals surface area contributed by atoms with Gasteiger partial charge in [0.25, 0.3) is 0 Å². The van der Waals surface area contributed by atoms with Crippen molar-refractivity contribution in [2.24, 2.45) is 5.92 Å². The SMILES string of the molecule is Cc1nnnn1CC(C)C. The average molecular weight is 140 g/mol. The van der Waals surface area contributed by atoms with Crippen molar-refractivity contribution in [1.82, 2.24) is 20.2 Å². The fourth-order valence-electron chi connectivity index (χ4n) is 0.764. The van der Waals surface area contributed by atoms with Gasteiger partial charge < -0.3 is 0 Å². The van der Waals surface area contributed by atoms with Gasteiger partial charge >= 0.3 is 0 Å². The zero-order chi connectivity index (χ0) is 7.56. The van der Waals surface area contributed by atoms with E-state index in [1.54, 1.807) is 0 Å². The molecule has 0 spiro atoms. The standard InChI is InChI=1S/C6H12N4/c1-5(2)4-10-6(3)7-8-9-10/h5H,4H2,1-3H3. The van der Waals surface area contributed by atoms with Crippen LogP contribution >= 0.6 is 0 Å². The van der Waals surface area contributed by atoms with E-state index in [4.69, 9.17) is 0 Å². The van der Waals surface area contributed by atoms with Crippen molar-refractivity contribution >= 4 is 0 Å². The number of aromatic nitrogens is 4. The second-order valence-corrected chi connectivity index (χ2v) is 2.80. The van der Waals surface area contributed by atoms with E-state index < -0.39 is 0 Å². The number of nitrogens with zero attached hydrogens (tertiary/aromatic N) is 4. The quantitative estimate of drug-likeness (QED) is 0.605. The van der Waals surface area contributed by atoms with E-state index in [2.05, 4.69) is 29.4 Å². The number of rotatable bonds is 2. The first-order valence-electron chi connectivity index (χ1n) is 3.43. The molecule has 0 saturated heterocycles. The Hall–Kier alpha value is -0.930. The number of tetrazole rings is 1. The van der Waals surface area contributed by atoms with Gasteiger partial charge in [-0.3, -0.25) is 0 Å². The maximum atomic E-state index is 3.81. The van der Waals surface area contributed by atoms with Crippen LogP contribution in [-0.2, 0) is 6.54 Å². The zero-order valence-corrected chi connectivity index (χ0v) is 6.57. The molecule has 0 aromatic carbocycles. The first kappa shape index (κ1) is 7.18. The Balaban J connectivity index is 2.65. The van der Waals surface area contributed by atoms with Crippen molar-refractivity contribution in [3.05, 3.63) is 5.82 Å². The fourth-order valence-corrected chi connectivity index (χ4v) is 0.764. The molecule has 0 N–H and O–H groups in total. The van der Waals surface area contributed by atoms with Crippen LogP contribution < -0.4 is 0 Å². The molecule has 0 saturated carbocycles. The third-order valence-electron chi connectivity index (χ3n) is 1.25. The third-order valence-corrected chi connectivity index (χ3v) is 1.25. The summed E-state index contributed by atoms with van der Waals surface area (Å²) in [4.78, 5) is 0. The zero-order valence-electron chi connectivity index (χ0n) is 6.57. The van der Waals surface area contributed by atoms with Crippen LogP contribution in [0.2, 0.25) is 0 Å². The summed E-state index contributed by atoms with van der Waals surface area (Å²) in [6, 6.07) is 0. The van der Waals surface area contributed by atoms with E-state index in [0.29, 0.717) is 5.92 Å². The Kier molecular flexibility index (Phi) is 1.99. The molecule has 4 heteroatoms. The van der Waals surface area contributed by atoms with E-state index in [0.717, 1.165) is 12.4 Å². The fraction of sp³-hybridized carbons (Fsp3) is 0.833. The highest BCUT2D eigenvalue weighted by atomic mass is 15.5. The molecule has 1 heterocycles. The van der Waals surface area contributed by atoms with Gasteiger partial charge in [-0.1, -0.05) is 13.8 Å². The highest BCUT2D eigenvalue weighted by Crippen LogP contribution is 1.97. The molecule has 4 nitrogen and oxygen atoms in total. The van der Waals surface area contributed by atoms with Gasteiger partial charge in [-0.15, -0.1) is 5.10 Å². The molecule has 10 heavy (non-hydrogen) atoms. The van der Waals surface area contributed by atoms with Gasteiger partial charge in [-0.25, -0.2) is 4.68 Å². The van der Waals surface area contributed by atoms with Crippen molar-refractivity contribution < 1.29 is 0 Å². The summed E-state index contributed by atoms with van der Waals surface area (Å²) >= 11 is 0. The molecule has 0 aliphatic heterocycles. The minimum atomic E-state index is 0.599. The Morgan fingerprint density at radius 2 is 2.20 bits per heavy atom. The van der Waals surface area contributed by atoms with Crippen LogP contribution in [0.4, 0.5) is 0 Å². The maximum Gasteiger partial charge on any atom is 0.148 e. The van der Waals surface area contributed by atoms with Crippen molar-refractivity contribution in [2.45, 2.75) is 27.3 Å². The van der Waals surface area contributed by atoms with E-state index >= 15 is 0 Å². The Bertz CT molecular complexity index is 203. The van der Waals surface area contributed by atoms with Crippen LogP contribution in [0.15, 0.2) is 0 Å². The van der Waals surface area contributed by atoms with Crippen LogP contribution in [0.25, 0.3) is 0 Å².